The van der Waals surface area contributed by atoms with Gasteiger partial charge >= 0.3 is 0 Å². The first-order valence-corrected chi connectivity index (χ1v) is 7.75. The van der Waals surface area contributed by atoms with Crippen molar-refractivity contribution in [1.29, 1.82) is 0 Å². The molecule has 1 nitrogen and oxygen atoms in total. The van der Waals surface area contributed by atoms with Crippen molar-refractivity contribution in [2.45, 2.75) is 6.54 Å². The van der Waals surface area contributed by atoms with E-state index in [1.807, 2.05) is 18.2 Å². The largest absolute Gasteiger partial charge is 0.214 e. The smallest absolute Gasteiger partial charge is 0.187 e. The lowest BCUT2D eigenvalue weighted by molar-refractivity contribution is -0.635. The van der Waals surface area contributed by atoms with Gasteiger partial charge in [-0.25, -0.2) is 0 Å². The number of benzene rings is 3. The van der Waals surface area contributed by atoms with Gasteiger partial charge in [0.05, 0.1) is 15.8 Å². The number of para-hydroxylation sites is 2. The van der Waals surface area contributed by atoms with E-state index in [0.29, 0.717) is 0 Å². The van der Waals surface area contributed by atoms with Gasteiger partial charge in [-0.05, 0) is 12.1 Å². The Balaban J connectivity index is 2.07. The van der Waals surface area contributed by atoms with Gasteiger partial charge in [0.1, 0.15) is 0 Å². The van der Waals surface area contributed by atoms with E-state index in [0.717, 1.165) is 33.4 Å². The van der Waals surface area contributed by atoms with E-state index in [2.05, 4.69) is 65.2 Å². The molecule has 0 saturated heterocycles. The molecule has 0 aliphatic heterocycles. The van der Waals surface area contributed by atoms with Gasteiger partial charge in [0.25, 0.3) is 0 Å². The van der Waals surface area contributed by atoms with Crippen molar-refractivity contribution in [1.82, 2.24) is 0 Å². The van der Waals surface area contributed by atoms with Crippen LogP contribution in [0.2, 0.25) is 5.02 Å². The van der Waals surface area contributed by atoms with Crippen LogP contribution in [-0.4, -0.2) is 0 Å². The van der Waals surface area contributed by atoms with E-state index in [1.54, 1.807) is 0 Å². The minimum absolute atomic E-state index is 0.829. The average molecular weight is 305 g/mol. The van der Waals surface area contributed by atoms with Crippen LogP contribution in [-0.2, 0) is 6.54 Å². The highest BCUT2D eigenvalue weighted by molar-refractivity contribution is 6.39. The molecule has 0 unspecified atom stereocenters. The molecule has 0 bridgehead atoms. The summed E-state index contributed by atoms with van der Waals surface area (Å²) in [5.74, 6) is 0. The summed E-state index contributed by atoms with van der Waals surface area (Å²) in [7, 11) is 0. The van der Waals surface area contributed by atoms with E-state index in [4.69, 9.17) is 11.6 Å². The molecule has 2 heteroatoms. The van der Waals surface area contributed by atoms with Crippen molar-refractivity contribution in [2.75, 3.05) is 0 Å². The van der Waals surface area contributed by atoms with Crippen LogP contribution < -0.4 is 4.57 Å². The molecule has 22 heavy (non-hydrogen) atoms. The number of halogens is 1. The van der Waals surface area contributed by atoms with Gasteiger partial charge in [-0.3, -0.25) is 0 Å². The third-order valence-electron chi connectivity index (χ3n) is 4.05. The molecule has 0 aliphatic carbocycles. The molecule has 0 atom stereocenters. The zero-order valence-electron chi connectivity index (χ0n) is 12.0. The molecule has 1 aromatic heterocycles. The SMILES string of the molecule is Clc1c2ccccc2[n+](Cc2ccccc2)c2ccccc12. The van der Waals surface area contributed by atoms with Gasteiger partial charge in [0, 0.05) is 17.7 Å². The van der Waals surface area contributed by atoms with Crippen molar-refractivity contribution >= 4 is 33.4 Å². The van der Waals surface area contributed by atoms with Crippen LogP contribution in [0.3, 0.4) is 0 Å². The van der Waals surface area contributed by atoms with Crippen molar-refractivity contribution in [2.24, 2.45) is 0 Å². The molecule has 0 N–H and O–H groups in total. The standard InChI is InChI=1S/C20H15ClN/c21-20-16-10-4-6-12-18(16)22(14-15-8-2-1-3-9-15)19-13-7-5-11-17(19)20/h1-13H,14H2/q+1. The number of nitrogens with zero attached hydrogens (tertiary/aromatic N) is 1. The highest BCUT2D eigenvalue weighted by Gasteiger charge is 2.18. The summed E-state index contributed by atoms with van der Waals surface area (Å²) >= 11 is 6.64. The van der Waals surface area contributed by atoms with Crippen molar-refractivity contribution in [3.05, 3.63) is 89.4 Å². The van der Waals surface area contributed by atoms with Crippen molar-refractivity contribution in [3.8, 4) is 0 Å². The maximum absolute atomic E-state index is 6.64. The summed E-state index contributed by atoms with van der Waals surface area (Å²) in [4.78, 5) is 0. The normalized spacial score (nSPS) is 11.1. The number of pyridine rings is 1. The van der Waals surface area contributed by atoms with Gasteiger partial charge in [0.2, 0.25) is 11.0 Å². The minimum Gasteiger partial charge on any atom is -0.187 e. The lowest BCUT2D eigenvalue weighted by Crippen LogP contribution is -2.36. The Bertz CT molecular complexity index is 904. The van der Waals surface area contributed by atoms with Crippen LogP contribution in [0.4, 0.5) is 0 Å². The number of hydrogen-bond donors (Lipinski definition) is 0. The van der Waals surface area contributed by atoms with Crippen molar-refractivity contribution < 1.29 is 4.57 Å². The Morgan fingerprint density at radius 2 is 1.14 bits per heavy atom. The summed E-state index contributed by atoms with van der Waals surface area (Å²) in [5.41, 5.74) is 3.61. The summed E-state index contributed by atoms with van der Waals surface area (Å²) < 4.78 is 2.34. The minimum atomic E-state index is 0.829. The van der Waals surface area contributed by atoms with Crippen LogP contribution in [0.15, 0.2) is 78.9 Å². The van der Waals surface area contributed by atoms with Gasteiger partial charge in [-0.15, -0.1) is 0 Å². The van der Waals surface area contributed by atoms with Crippen molar-refractivity contribution in [3.63, 3.8) is 0 Å². The Hall–Kier alpha value is -2.38. The first-order chi connectivity index (χ1) is 10.8. The summed E-state index contributed by atoms with van der Waals surface area (Å²) in [6.07, 6.45) is 0. The number of aromatic nitrogens is 1. The fourth-order valence-electron chi connectivity index (χ4n) is 3.00. The zero-order chi connectivity index (χ0) is 14.9. The molecular weight excluding hydrogens is 290 g/mol. The molecular formula is C20H15ClN+. The number of fused-ring (bicyclic) bond motifs is 2. The summed E-state index contributed by atoms with van der Waals surface area (Å²) in [6, 6.07) is 27.2. The summed E-state index contributed by atoms with van der Waals surface area (Å²) in [6.45, 7) is 0.832. The lowest BCUT2D eigenvalue weighted by Gasteiger charge is -2.08. The Morgan fingerprint density at radius 1 is 0.636 bits per heavy atom. The molecule has 4 rings (SSSR count). The van der Waals surface area contributed by atoms with Gasteiger partial charge < -0.3 is 0 Å². The molecule has 106 valence electrons. The average Bonchev–Trinajstić information content (AvgIpc) is 2.59. The van der Waals surface area contributed by atoms with Crippen LogP contribution in [0.5, 0.6) is 0 Å². The topological polar surface area (TPSA) is 3.88 Å². The molecule has 3 aromatic carbocycles. The maximum Gasteiger partial charge on any atom is 0.214 e. The second kappa shape index (κ2) is 5.43. The van der Waals surface area contributed by atoms with Crippen LogP contribution in [0.1, 0.15) is 5.56 Å². The molecule has 1 heterocycles. The monoisotopic (exact) mass is 304 g/mol. The Kier molecular flexibility index (Phi) is 3.28. The highest BCUT2D eigenvalue weighted by atomic mass is 35.5. The van der Waals surface area contributed by atoms with E-state index in [9.17, 15) is 0 Å². The van der Waals surface area contributed by atoms with E-state index >= 15 is 0 Å². The Morgan fingerprint density at radius 3 is 1.73 bits per heavy atom. The van der Waals surface area contributed by atoms with Gasteiger partial charge in [0.15, 0.2) is 6.54 Å². The lowest BCUT2D eigenvalue weighted by atomic mass is 10.1. The van der Waals surface area contributed by atoms with Gasteiger partial charge in [-0.1, -0.05) is 66.2 Å². The van der Waals surface area contributed by atoms with Crippen LogP contribution >= 0.6 is 11.6 Å². The number of hydrogen-bond acceptors (Lipinski definition) is 0. The molecule has 0 fully saturated rings. The molecule has 0 aliphatic rings. The summed E-state index contributed by atoms with van der Waals surface area (Å²) in [5, 5.41) is 3.02. The van der Waals surface area contributed by atoms with Crippen LogP contribution in [0, 0.1) is 0 Å². The predicted molar refractivity (Wildman–Crippen MR) is 92.2 cm³/mol. The fraction of sp³-hybridized carbons (Fsp3) is 0.0500. The second-order valence-corrected chi connectivity index (χ2v) is 5.80. The first-order valence-electron chi connectivity index (χ1n) is 7.37. The first kappa shape index (κ1) is 13.3. The van der Waals surface area contributed by atoms with Crippen LogP contribution in [0.25, 0.3) is 21.8 Å². The fourth-order valence-corrected chi connectivity index (χ4v) is 3.32. The number of rotatable bonds is 2. The molecule has 0 spiro atoms. The third kappa shape index (κ3) is 2.15. The van der Waals surface area contributed by atoms with E-state index in [-0.39, 0.29) is 0 Å². The quantitative estimate of drug-likeness (QED) is 0.363. The molecule has 4 aromatic rings. The third-order valence-corrected chi connectivity index (χ3v) is 4.45. The molecule has 0 radical (unpaired) electrons. The molecule has 0 saturated carbocycles. The highest BCUT2D eigenvalue weighted by Crippen LogP contribution is 2.29. The maximum atomic E-state index is 6.64. The van der Waals surface area contributed by atoms with Gasteiger partial charge in [-0.2, -0.15) is 4.57 Å². The second-order valence-electron chi connectivity index (χ2n) is 5.42. The Labute approximate surface area is 134 Å². The van der Waals surface area contributed by atoms with E-state index < -0.39 is 0 Å². The predicted octanol–water partition coefficient (Wildman–Crippen LogP) is 4.98. The van der Waals surface area contributed by atoms with E-state index in [1.165, 1.54) is 5.56 Å². The zero-order valence-corrected chi connectivity index (χ0v) is 12.8. The molecule has 0 amide bonds.